The molecule has 5 rings (SSSR count). The zero-order valence-corrected chi connectivity index (χ0v) is 13.3. The lowest BCUT2D eigenvalue weighted by molar-refractivity contribution is -0.152. The van der Waals surface area contributed by atoms with Gasteiger partial charge in [0.25, 0.3) is 0 Å². The van der Waals surface area contributed by atoms with E-state index in [-0.39, 0.29) is 23.5 Å². The summed E-state index contributed by atoms with van der Waals surface area (Å²) >= 11 is 0. The quantitative estimate of drug-likeness (QED) is 0.658. The molecule has 0 spiro atoms. The van der Waals surface area contributed by atoms with Crippen LogP contribution in [-0.2, 0) is 9.59 Å². The van der Waals surface area contributed by atoms with Gasteiger partial charge in [-0.2, -0.15) is 0 Å². The first-order valence-electron chi connectivity index (χ1n) is 8.30. The maximum atomic E-state index is 12.8. The van der Waals surface area contributed by atoms with Crippen molar-refractivity contribution in [2.24, 2.45) is 35.5 Å². The van der Waals surface area contributed by atoms with Gasteiger partial charge in [-0.3, -0.25) is 14.4 Å². The van der Waals surface area contributed by atoms with Crippen LogP contribution in [0.3, 0.4) is 0 Å². The van der Waals surface area contributed by atoms with Crippen molar-refractivity contribution in [2.45, 2.75) is 13.3 Å². The van der Waals surface area contributed by atoms with E-state index in [0.29, 0.717) is 23.1 Å². The van der Waals surface area contributed by atoms with Crippen molar-refractivity contribution in [1.29, 1.82) is 0 Å². The number of benzene rings is 1. The molecule has 5 heteroatoms. The molecule has 1 aromatic rings. The molecule has 1 amide bonds. The van der Waals surface area contributed by atoms with Crippen molar-refractivity contribution < 1.29 is 19.5 Å². The van der Waals surface area contributed by atoms with Gasteiger partial charge in [0, 0.05) is 11.3 Å². The summed E-state index contributed by atoms with van der Waals surface area (Å²) in [6.07, 6.45) is 5.06. The van der Waals surface area contributed by atoms with Crippen LogP contribution in [-0.4, -0.2) is 22.8 Å². The summed E-state index contributed by atoms with van der Waals surface area (Å²) < 4.78 is 0. The SMILES string of the molecule is CC(=O)c1cccc(NC(=O)[C@H]2[C@@H]3C=C[C@H]([C@H]4C[C@H]34)[C@@H]2C(=O)O)c1. The van der Waals surface area contributed by atoms with Gasteiger partial charge >= 0.3 is 5.97 Å². The number of anilines is 1. The molecule has 0 saturated heterocycles. The summed E-state index contributed by atoms with van der Waals surface area (Å²) in [5, 5.41) is 12.5. The molecule has 0 heterocycles. The Labute approximate surface area is 139 Å². The van der Waals surface area contributed by atoms with Crippen LogP contribution in [0.1, 0.15) is 23.7 Å². The number of Topliss-reactive ketones (excluding diaryl/α,β-unsaturated/α-hetero) is 1. The van der Waals surface area contributed by atoms with E-state index in [2.05, 4.69) is 5.32 Å². The first-order valence-corrected chi connectivity index (χ1v) is 8.30. The van der Waals surface area contributed by atoms with Crippen LogP contribution in [0.2, 0.25) is 0 Å². The van der Waals surface area contributed by atoms with Crippen molar-refractivity contribution in [1.82, 2.24) is 0 Å². The molecule has 0 aliphatic heterocycles. The van der Waals surface area contributed by atoms with Crippen LogP contribution in [0.15, 0.2) is 36.4 Å². The highest BCUT2D eigenvalue weighted by Gasteiger charge is 2.62. The highest BCUT2D eigenvalue weighted by molar-refractivity contribution is 5.99. The predicted molar refractivity (Wildman–Crippen MR) is 87.4 cm³/mol. The molecule has 1 aromatic carbocycles. The van der Waals surface area contributed by atoms with E-state index in [0.717, 1.165) is 6.42 Å². The van der Waals surface area contributed by atoms with E-state index in [4.69, 9.17) is 0 Å². The van der Waals surface area contributed by atoms with Gasteiger partial charge in [-0.25, -0.2) is 0 Å². The third-order valence-electron chi connectivity index (χ3n) is 5.78. The minimum atomic E-state index is -0.891. The lowest BCUT2D eigenvalue weighted by atomic mass is 9.62. The summed E-state index contributed by atoms with van der Waals surface area (Å²) in [6.45, 7) is 1.47. The van der Waals surface area contributed by atoms with Gasteiger partial charge in [0.1, 0.15) is 0 Å². The number of ketones is 1. The van der Waals surface area contributed by atoms with Gasteiger partial charge in [0.15, 0.2) is 5.78 Å². The van der Waals surface area contributed by atoms with Crippen LogP contribution in [0.5, 0.6) is 0 Å². The summed E-state index contributed by atoms with van der Waals surface area (Å²) in [6, 6.07) is 6.76. The van der Waals surface area contributed by atoms with Gasteiger partial charge in [0.2, 0.25) is 5.91 Å². The number of carbonyl (C=O) groups excluding carboxylic acids is 2. The molecular formula is C19H19NO4. The second-order valence-electron chi connectivity index (χ2n) is 7.12. The number of carboxylic acid groups (broad SMARTS) is 1. The van der Waals surface area contributed by atoms with Crippen molar-refractivity contribution in [3.8, 4) is 0 Å². The van der Waals surface area contributed by atoms with E-state index in [1.165, 1.54) is 6.92 Å². The number of carbonyl (C=O) groups is 3. The normalized spacial score (nSPS) is 35.2. The molecule has 124 valence electrons. The Hall–Kier alpha value is -2.43. The average Bonchev–Trinajstić information content (AvgIpc) is 3.36. The second-order valence-corrected chi connectivity index (χ2v) is 7.12. The van der Waals surface area contributed by atoms with Crippen LogP contribution in [0, 0.1) is 35.5 Å². The number of fused-ring (bicyclic) bond motifs is 1. The van der Waals surface area contributed by atoms with Crippen molar-refractivity contribution >= 4 is 23.3 Å². The topological polar surface area (TPSA) is 83.5 Å². The number of hydrogen-bond acceptors (Lipinski definition) is 3. The Bertz CT molecular complexity index is 768. The minimum Gasteiger partial charge on any atom is -0.481 e. The maximum absolute atomic E-state index is 12.8. The van der Waals surface area contributed by atoms with E-state index >= 15 is 0 Å². The summed E-state index contributed by atoms with van der Waals surface area (Å²) in [4.78, 5) is 36.1. The van der Waals surface area contributed by atoms with Crippen LogP contribution < -0.4 is 5.32 Å². The third-order valence-corrected chi connectivity index (χ3v) is 5.78. The number of rotatable bonds is 4. The lowest BCUT2D eigenvalue weighted by Crippen LogP contribution is -2.48. The van der Waals surface area contributed by atoms with Gasteiger partial charge in [-0.1, -0.05) is 24.3 Å². The average molecular weight is 325 g/mol. The van der Waals surface area contributed by atoms with Crippen molar-refractivity contribution in [3.63, 3.8) is 0 Å². The first kappa shape index (κ1) is 15.1. The Balaban J connectivity index is 1.59. The molecule has 0 radical (unpaired) electrons. The molecular weight excluding hydrogens is 306 g/mol. The fourth-order valence-electron chi connectivity index (χ4n) is 4.61. The number of carboxylic acids is 1. The monoisotopic (exact) mass is 325 g/mol. The lowest BCUT2D eigenvalue weighted by Gasteiger charge is -2.41. The van der Waals surface area contributed by atoms with Gasteiger partial charge in [-0.05, 0) is 49.1 Å². The predicted octanol–water partition coefficient (Wildman–Crippen LogP) is 2.60. The molecule has 2 bridgehead atoms. The molecule has 0 aromatic heterocycles. The standard InChI is InChI=1S/C19H19NO4/c1-9(21)10-3-2-4-11(7-10)20-18(22)16-12-5-6-13(15-8-14(12)15)17(16)19(23)24/h2-7,12-17H,8H2,1H3,(H,20,22)(H,23,24)/t12-,13-,14-,15-,16+,17+/m1/s1. The number of hydrogen-bond donors (Lipinski definition) is 2. The number of allylic oxidation sites excluding steroid dienone is 2. The molecule has 0 unspecified atom stereocenters. The molecule has 4 aliphatic rings. The highest BCUT2D eigenvalue weighted by atomic mass is 16.4. The fourth-order valence-corrected chi connectivity index (χ4v) is 4.61. The summed E-state index contributed by atoms with van der Waals surface area (Å²) in [7, 11) is 0. The van der Waals surface area contributed by atoms with E-state index < -0.39 is 17.8 Å². The summed E-state index contributed by atoms with van der Waals surface area (Å²) in [5.74, 6) is -1.54. The Morgan fingerprint density at radius 2 is 1.75 bits per heavy atom. The van der Waals surface area contributed by atoms with Crippen LogP contribution in [0.4, 0.5) is 5.69 Å². The molecule has 2 saturated carbocycles. The molecule has 6 atom stereocenters. The van der Waals surface area contributed by atoms with Crippen LogP contribution >= 0.6 is 0 Å². The molecule has 2 fully saturated rings. The Kier molecular flexibility index (Phi) is 3.34. The maximum Gasteiger partial charge on any atom is 0.307 e. The van der Waals surface area contributed by atoms with Crippen molar-refractivity contribution in [3.05, 3.63) is 42.0 Å². The highest BCUT2D eigenvalue weighted by Crippen LogP contribution is 2.63. The van der Waals surface area contributed by atoms with Gasteiger partial charge in [0.05, 0.1) is 11.8 Å². The second kappa shape index (κ2) is 5.30. The smallest absolute Gasteiger partial charge is 0.307 e. The zero-order chi connectivity index (χ0) is 17.0. The number of aliphatic carboxylic acids is 1. The molecule has 5 nitrogen and oxygen atoms in total. The van der Waals surface area contributed by atoms with Gasteiger partial charge < -0.3 is 10.4 Å². The Morgan fingerprint density at radius 3 is 2.38 bits per heavy atom. The fraction of sp³-hybridized carbons (Fsp3) is 0.421. The Morgan fingerprint density at radius 1 is 1.08 bits per heavy atom. The molecule has 24 heavy (non-hydrogen) atoms. The third kappa shape index (κ3) is 2.27. The van der Waals surface area contributed by atoms with Gasteiger partial charge in [-0.15, -0.1) is 0 Å². The van der Waals surface area contributed by atoms with E-state index in [1.54, 1.807) is 24.3 Å². The zero-order valence-electron chi connectivity index (χ0n) is 13.3. The van der Waals surface area contributed by atoms with E-state index in [1.807, 2.05) is 12.2 Å². The minimum absolute atomic E-state index is 0.0112. The largest absolute Gasteiger partial charge is 0.481 e. The number of nitrogens with one attached hydrogen (secondary N) is 1. The van der Waals surface area contributed by atoms with Crippen LogP contribution in [0.25, 0.3) is 0 Å². The summed E-state index contributed by atoms with van der Waals surface area (Å²) in [5.41, 5.74) is 1.06. The number of amides is 1. The molecule has 4 aliphatic carbocycles. The van der Waals surface area contributed by atoms with Crippen molar-refractivity contribution in [2.75, 3.05) is 5.32 Å². The van der Waals surface area contributed by atoms with E-state index in [9.17, 15) is 19.5 Å². The first-order chi connectivity index (χ1) is 11.5. The molecule has 2 N–H and O–H groups in total.